The van der Waals surface area contributed by atoms with Crippen LogP contribution in [0.1, 0.15) is 24.4 Å². The molecule has 8 nitrogen and oxygen atoms in total. The summed E-state index contributed by atoms with van der Waals surface area (Å²) in [5, 5.41) is 14.6. The summed E-state index contributed by atoms with van der Waals surface area (Å²) in [4.78, 5) is 35.8. The standard InChI is InChI=1S/C19H20N2O6/c1-19(2)14(15(19)18(24)25)17(23)20-10-6-7-11(13(9-10)26-3)21-16(22)12-5-4-8-27-12/h4-9,14-15H,1-3H3,(H,20,23)(H,21,22)(H,24,25)/t14-,15+/m0/s1. The topological polar surface area (TPSA) is 118 Å². The maximum atomic E-state index is 12.4. The predicted molar refractivity (Wildman–Crippen MR) is 96.7 cm³/mol. The van der Waals surface area contributed by atoms with E-state index in [-0.39, 0.29) is 11.7 Å². The number of amides is 2. The number of methoxy groups -OCH3 is 1. The van der Waals surface area contributed by atoms with Gasteiger partial charge in [0, 0.05) is 11.8 Å². The van der Waals surface area contributed by atoms with Crippen LogP contribution in [0.4, 0.5) is 11.4 Å². The van der Waals surface area contributed by atoms with E-state index in [0.717, 1.165) is 0 Å². The van der Waals surface area contributed by atoms with Gasteiger partial charge in [-0.25, -0.2) is 0 Å². The van der Waals surface area contributed by atoms with E-state index in [0.29, 0.717) is 17.1 Å². The molecule has 1 aromatic carbocycles. The monoisotopic (exact) mass is 372 g/mol. The maximum Gasteiger partial charge on any atom is 0.307 e. The molecule has 3 rings (SSSR count). The second-order valence-corrected chi connectivity index (χ2v) is 6.95. The molecule has 1 aromatic heterocycles. The Kier molecular flexibility index (Phi) is 4.65. The van der Waals surface area contributed by atoms with Gasteiger partial charge in [-0.15, -0.1) is 0 Å². The van der Waals surface area contributed by atoms with Crippen LogP contribution >= 0.6 is 0 Å². The van der Waals surface area contributed by atoms with Gasteiger partial charge in [-0.1, -0.05) is 13.8 Å². The Morgan fingerprint density at radius 3 is 2.44 bits per heavy atom. The van der Waals surface area contributed by atoms with Crippen LogP contribution in [0.25, 0.3) is 0 Å². The molecule has 2 amide bonds. The quantitative estimate of drug-likeness (QED) is 0.718. The number of hydrogen-bond donors (Lipinski definition) is 3. The zero-order valence-electron chi connectivity index (χ0n) is 15.1. The number of ether oxygens (including phenoxy) is 1. The Balaban J connectivity index is 1.72. The van der Waals surface area contributed by atoms with Crippen molar-refractivity contribution >= 4 is 29.2 Å². The molecule has 1 fully saturated rings. The van der Waals surface area contributed by atoms with Crippen LogP contribution in [-0.4, -0.2) is 30.0 Å². The largest absolute Gasteiger partial charge is 0.494 e. The molecule has 0 aliphatic heterocycles. The first kappa shape index (κ1) is 18.5. The third-order valence-corrected chi connectivity index (χ3v) is 4.84. The van der Waals surface area contributed by atoms with Crippen molar-refractivity contribution < 1.29 is 28.6 Å². The van der Waals surface area contributed by atoms with E-state index in [1.54, 1.807) is 38.1 Å². The van der Waals surface area contributed by atoms with E-state index in [2.05, 4.69) is 10.6 Å². The van der Waals surface area contributed by atoms with Gasteiger partial charge in [0.1, 0.15) is 5.75 Å². The smallest absolute Gasteiger partial charge is 0.307 e. The van der Waals surface area contributed by atoms with Crippen molar-refractivity contribution in [3.63, 3.8) is 0 Å². The first-order valence-electron chi connectivity index (χ1n) is 8.32. The number of carbonyl (C=O) groups is 3. The lowest BCUT2D eigenvalue weighted by Gasteiger charge is -2.12. The molecular formula is C19H20N2O6. The molecule has 142 valence electrons. The first-order chi connectivity index (χ1) is 12.8. The van der Waals surface area contributed by atoms with Gasteiger partial charge >= 0.3 is 5.97 Å². The van der Waals surface area contributed by atoms with Crippen molar-refractivity contribution in [1.29, 1.82) is 0 Å². The average molecular weight is 372 g/mol. The summed E-state index contributed by atoms with van der Waals surface area (Å²) in [7, 11) is 1.44. The number of aliphatic carboxylic acids is 1. The number of hydrogen-bond acceptors (Lipinski definition) is 5. The molecule has 0 saturated heterocycles. The summed E-state index contributed by atoms with van der Waals surface area (Å²) >= 11 is 0. The third-order valence-electron chi connectivity index (χ3n) is 4.84. The number of furan rings is 1. The van der Waals surface area contributed by atoms with Gasteiger partial charge in [-0.05, 0) is 29.7 Å². The van der Waals surface area contributed by atoms with Crippen molar-refractivity contribution in [1.82, 2.24) is 0 Å². The van der Waals surface area contributed by atoms with Gasteiger partial charge in [0.25, 0.3) is 5.91 Å². The maximum absolute atomic E-state index is 12.4. The fourth-order valence-corrected chi connectivity index (χ4v) is 3.27. The van der Waals surface area contributed by atoms with E-state index in [9.17, 15) is 19.5 Å². The Hall–Kier alpha value is -3.29. The van der Waals surface area contributed by atoms with E-state index >= 15 is 0 Å². The highest BCUT2D eigenvalue weighted by Gasteiger charge is 2.65. The Labute approximate surface area is 155 Å². The molecular weight excluding hydrogens is 352 g/mol. The van der Waals surface area contributed by atoms with Gasteiger partial charge in [-0.2, -0.15) is 0 Å². The molecule has 0 radical (unpaired) electrons. The predicted octanol–water partition coefficient (Wildman–Crippen LogP) is 2.84. The molecule has 2 aromatic rings. The van der Waals surface area contributed by atoms with Crippen LogP contribution in [0.15, 0.2) is 41.0 Å². The number of carbonyl (C=O) groups excluding carboxylic acids is 2. The molecule has 1 saturated carbocycles. The van der Waals surface area contributed by atoms with Gasteiger partial charge in [0.2, 0.25) is 5.91 Å². The van der Waals surface area contributed by atoms with Crippen molar-refractivity contribution in [3.05, 3.63) is 42.4 Å². The first-order valence-corrected chi connectivity index (χ1v) is 8.32. The highest BCUT2D eigenvalue weighted by molar-refractivity contribution is 6.04. The summed E-state index contributed by atoms with van der Waals surface area (Å²) in [6.07, 6.45) is 1.40. The van der Waals surface area contributed by atoms with Crippen molar-refractivity contribution in [2.24, 2.45) is 17.3 Å². The lowest BCUT2D eigenvalue weighted by molar-refractivity contribution is -0.140. The number of nitrogens with one attached hydrogen (secondary N) is 2. The molecule has 3 N–H and O–H groups in total. The molecule has 8 heteroatoms. The minimum absolute atomic E-state index is 0.158. The summed E-state index contributed by atoms with van der Waals surface area (Å²) in [5.74, 6) is -2.57. The van der Waals surface area contributed by atoms with Gasteiger partial charge in [0.05, 0.1) is 30.9 Å². The number of anilines is 2. The van der Waals surface area contributed by atoms with Crippen LogP contribution in [0, 0.1) is 17.3 Å². The second-order valence-electron chi connectivity index (χ2n) is 6.95. The summed E-state index contributed by atoms with van der Waals surface area (Å²) in [6.45, 7) is 3.51. The molecule has 2 atom stereocenters. The van der Waals surface area contributed by atoms with Crippen molar-refractivity contribution in [2.75, 3.05) is 17.7 Å². The lowest BCUT2D eigenvalue weighted by Crippen LogP contribution is -2.18. The van der Waals surface area contributed by atoms with Gasteiger partial charge in [-0.3, -0.25) is 14.4 Å². The normalized spacial score (nSPS) is 19.8. The number of rotatable bonds is 6. The molecule has 1 aliphatic rings. The zero-order valence-corrected chi connectivity index (χ0v) is 15.1. The van der Waals surface area contributed by atoms with Crippen LogP contribution in [0.5, 0.6) is 5.75 Å². The fourth-order valence-electron chi connectivity index (χ4n) is 3.27. The highest BCUT2D eigenvalue weighted by atomic mass is 16.5. The Morgan fingerprint density at radius 2 is 1.89 bits per heavy atom. The minimum Gasteiger partial charge on any atom is -0.494 e. The number of carboxylic acid groups (broad SMARTS) is 1. The average Bonchev–Trinajstić information content (AvgIpc) is 2.98. The summed E-state index contributed by atoms with van der Waals surface area (Å²) < 4.78 is 10.3. The van der Waals surface area contributed by atoms with Crippen molar-refractivity contribution in [2.45, 2.75) is 13.8 Å². The van der Waals surface area contributed by atoms with Gasteiger partial charge in [0.15, 0.2) is 5.76 Å². The zero-order chi connectivity index (χ0) is 19.8. The van der Waals surface area contributed by atoms with E-state index in [1.807, 2.05) is 0 Å². The highest BCUT2D eigenvalue weighted by Crippen LogP contribution is 2.58. The van der Waals surface area contributed by atoms with Crippen molar-refractivity contribution in [3.8, 4) is 5.75 Å². The number of benzene rings is 1. The SMILES string of the molecule is COc1cc(NC(=O)[C@@H]2[C@H](C(=O)O)C2(C)C)ccc1NC(=O)c1ccco1. The van der Waals surface area contributed by atoms with E-state index in [4.69, 9.17) is 9.15 Å². The van der Waals surface area contributed by atoms with Crippen LogP contribution < -0.4 is 15.4 Å². The van der Waals surface area contributed by atoms with E-state index in [1.165, 1.54) is 19.4 Å². The fraction of sp³-hybridized carbons (Fsp3) is 0.316. The summed E-state index contributed by atoms with van der Waals surface area (Å²) in [6, 6.07) is 7.88. The van der Waals surface area contributed by atoms with Crippen LogP contribution in [0.2, 0.25) is 0 Å². The summed E-state index contributed by atoms with van der Waals surface area (Å²) in [5.41, 5.74) is 0.267. The molecule has 27 heavy (non-hydrogen) atoms. The molecule has 1 aliphatic carbocycles. The lowest BCUT2D eigenvalue weighted by atomic mass is 10.1. The Morgan fingerprint density at radius 1 is 1.15 bits per heavy atom. The molecule has 0 unspecified atom stereocenters. The number of carboxylic acids is 1. The van der Waals surface area contributed by atoms with E-state index < -0.39 is 29.1 Å². The molecule has 1 heterocycles. The van der Waals surface area contributed by atoms with Gasteiger partial charge < -0.3 is 24.9 Å². The third kappa shape index (κ3) is 3.51. The second kappa shape index (κ2) is 6.79. The molecule has 0 bridgehead atoms. The molecule has 0 spiro atoms. The Bertz CT molecular complexity index is 888. The minimum atomic E-state index is -0.978. The van der Waals surface area contributed by atoms with Crippen LogP contribution in [0.3, 0.4) is 0 Å². The van der Waals surface area contributed by atoms with Crippen LogP contribution in [-0.2, 0) is 9.59 Å².